The standard InChI is InChI=1S/C29H41N3O4S/c1-6-8-10-22(7-2)18-30-29(33)25-17-27(32(21(25)3)15-9-16-34-4)26-20-37-28(31-26)19-36-24-13-11-23(35-5)12-14-24/h11-14,17,20,22H,6-10,15-16,18-19H2,1-5H3,(H,30,33). The Morgan fingerprint density at radius 3 is 2.57 bits per heavy atom. The van der Waals surface area contributed by atoms with Gasteiger partial charge in [0.2, 0.25) is 0 Å². The topological polar surface area (TPSA) is 74.6 Å². The Bertz CT molecular complexity index is 1110. The highest BCUT2D eigenvalue weighted by Gasteiger charge is 2.21. The average molecular weight is 528 g/mol. The number of rotatable bonds is 16. The summed E-state index contributed by atoms with van der Waals surface area (Å²) in [4.78, 5) is 18.0. The Labute approximate surface area is 225 Å². The molecule has 1 N–H and O–H groups in total. The molecule has 0 fully saturated rings. The fourth-order valence-corrected chi connectivity index (χ4v) is 5.03. The number of ether oxygens (including phenoxy) is 3. The molecule has 1 amide bonds. The molecule has 0 radical (unpaired) electrons. The van der Waals surface area contributed by atoms with Gasteiger partial charge in [0.15, 0.2) is 0 Å². The minimum absolute atomic E-state index is 0.0162. The van der Waals surface area contributed by atoms with E-state index in [1.165, 1.54) is 12.8 Å². The van der Waals surface area contributed by atoms with Crippen LogP contribution in [0.2, 0.25) is 0 Å². The number of unbranched alkanes of at least 4 members (excludes halogenated alkanes) is 1. The Morgan fingerprint density at radius 1 is 1.14 bits per heavy atom. The summed E-state index contributed by atoms with van der Waals surface area (Å²) in [6.07, 6.45) is 5.45. The first-order chi connectivity index (χ1) is 18.0. The van der Waals surface area contributed by atoms with Gasteiger partial charge in [-0.3, -0.25) is 4.79 Å². The average Bonchev–Trinajstić information content (AvgIpc) is 3.52. The molecular formula is C29H41N3O4S. The molecule has 37 heavy (non-hydrogen) atoms. The van der Waals surface area contributed by atoms with Gasteiger partial charge in [-0.25, -0.2) is 4.98 Å². The number of aromatic nitrogens is 2. The minimum atomic E-state index is -0.0162. The highest BCUT2D eigenvalue weighted by molar-refractivity contribution is 7.09. The lowest BCUT2D eigenvalue weighted by atomic mass is 9.99. The van der Waals surface area contributed by atoms with Crippen LogP contribution >= 0.6 is 11.3 Å². The van der Waals surface area contributed by atoms with E-state index in [0.29, 0.717) is 31.2 Å². The number of methoxy groups -OCH3 is 2. The van der Waals surface area contributed by atoms with Gasteiger partial charge in [-0.1, -0.05) is 33.1 Å². The number of nitrogens with one attached hydrogen (secondary N) is 1. The molecule has 202 valence electrons. The van der Waals surface area contributed by atoms with Crippen LogP contribution in [0.1, 0.15) is 67.0 Å². The van der Waals surface area contributed by atoms with Crippen LogP contribution in [-0.2, 0) is 17.9 Å². The maximum atomic E-state index is 13.2. The molecule has 0 saturated carbocycles. The summed E-state index contributed by atoms with van der Waals surface area (Å²) in [5.74, 6) is 2.05. The molecule has 0 aliphatic carbocycles. The quantitative estimate of drug-likeness (QED) is 0.216. The lowest BCUT2D eigenvalue weighted by Gasteiger charge is -2.15. The van der Waals surface area contributed by atoms with Gasteiger partial charge >= 0.3 is 0 Å². The molecule has 7 nitrogen and oxygen atoms in total. The van der Waals surface area contributed by atoms with Crippen LogP contribution in [0.5, 0.6) is 11.5 Å². The molecule has 8 heteroatoms. The maximum Gasteiger partial charge on any atom is 0.253 e. The number of carbonyl (C=O) groups is 1. The zero-order valence-electron chi connectivity index (χ0n) is 22.8. The van der Waals surface area contributed by atoms with Crippen molar-refractivity contribution in [1.29, 1.82) is 0 Å². The van der Waals surface area contributed by atoms with Gasteiger partial charge in [0.05, 0.1) is 24.1 Å². The van der Waals surface area contributed by atoms with Crippen molar-refractivity contribution in [2.24, 2.45) is 5.92 Å². The summed E-state index contributed by atoms with van der Waals surface area (Å²) >= 11 is 1.56. The van der Waals surface area contributed by atoms with Gasteiger partial charge in [-0.2, -0.15) is 0 Å². The first kappa shape index (κ1) is 28.7. The van der Waals surface area contributed by atoms with E-state index < -0.39 is 0 Å². The molecule has 1 atom stereocenters. The molecule has 0 bridgehead atoms. The lowest BCUT2D eigenvalue weighted by molar-refractivity contribution is 0.0945. The van der Waals surface area contributed by atoms with E-state index in [9.17, 15) is 4.79 Å². The first-order valence-corrected chi connectivity index (χ1v) is 14.1. The third-order valence-corrected chi connectivity index (χ3v) is 7.49. The molecule has 1 unspecified atom stereocenters. The predicted octanol–water partition coefficient (Wildman–Crippen LogP) is 6.49. The normalized spacial score (nSPS) is 11.9. The van der Waals surface area contributed by atoms with Crippen LogP contribution < -0.4 is 14.8 Å². The monoisotopic (exact) mass is 527 g/mol. The van der Waals surface area contributed by atoms with Crippen LogP contribution in [0.25, 0.3) is 11.4 Å². The molecule has 3 rings (SSSR count). The third kappa shape index (κ3) is 8.07. The van der Waals surface area contributed by atoms with E-state index in [0.717, 1.165) is 59.4 Å². The summed E-state index contributed by atoms with van der Waals surface area (Å²) in [5.41, 5.74) is 3.46. The summed E-state index contributed by atoms with van der Waals surface area (Å²) in [7, 11) is 3.35. The van der Waals surface area contributed by atoms with Crippen molar-refractivity contribution in [3.05, 3.63) is 52.0 Å². The number of hydrogen-bond donors (Lipinski definition) is 1. The highest BCUT2D eigenvalue weighted by atomic mass is 32.1. The van der Waals surface area contributed by atoms with Crippen molar-refractivity contribution in [3.8, 4) is 22.9 Å². The Balaban J connectivity index is 1.75. The molecule has 2 heterocycles. The molecule has 2 aromatic heterocycles. The summed E-state index contributed by atoms with van der Waals surface area (Å²) < 4.78 is 18.6. The predicted molar refractivity (Wildman–Crippen MR) is 150 cm³/mol. The Kier molecular flexibility index (Phi) is 11.5. The number of thiazole rings is 1. The molecule has 1 aromatic carbocycles. The number of nitrogens with zero attached hydrogens (tertiary/aromatic N) is 2. The molecular weight excluding hydrogens is 486 g/mol. The van der Waals surface area contributed by atoms with E-state index in [1.807, 2.05) is 42.6 Å². The van der Waals surface area contributed by atoms with E-state index in [1.54, 1.807) is 25.6 Å². The van der Waals surface area contributed by atoms with Gasteiger partial charge in [0.1, 0.15) is 23.1 Å². The summed E-state index contributed by atoms with van der Waals surface area (Å²) in [6.45, 7) is 8.92. The molecule has 0 saturated heterocycles. The fraction of sp³-hybridized carbons (Fsp3) is 0.517. The van der Waals surface area contributed by atoms with Crippen molar-refractivity contribution >= 4 is 17.2 Å². The van der Waals surface area contributed by atoms with Crippen molar-refractivity contribution in [2.75, 3.05) is 27.4 Å². The second-order valence-corrected chi connectivity index (χ2v) is 10.2. The van der Waals surface area contributed by atoms with Crippen LogP contribution in [0.4, 0.5) is 0 Å². The fourth-order valence-electron chi connectivity index (χ4n) is 4.33. The van der Waals surface area contributed by atoms with Crippen molar-refractivity contribution in [3.63, 3.8) is 0 Å². The molecule has 0 aliphatic rings. The Hall–Kier alpha value is -2.84. The van der Waals surface area contributed by atoms with Gasteiger partial charge in [0.25, 0.3) is 5.91 Å². The number of amides is 1. The largest absolute Gasteiger partial charge is 0.497 e. The van der Waals surface area contributed by atoms with Crippen LogP contribution in [0.3, 0.4) is 0 Å². The third-order valence-electron chi connectivity index (χ3n) is 6.67. The van der Waals surface area contributed by atoms with Gasteiger partial charge in [-0.15, -0.1) is 11.3 Å². The molecule has 3 aromatic rings. The summed E-state index contributed by atoms with van der Waals surface area (Å²) in [6, 6.07) is 9.49. The maximum absolute atomic E-state index is 13.2. The zero-order chi connectivity index (χ0) is 26.6. The first-order valence-electron chi connectivity index (χ1n) is 13.2. The summed E-state index contributed by atoms with van der Waals surface area (Å²) in [5, 5.41) is 6.10. The van der Waals surface area contributed by atoms with E-state index in [4.69, 9.17) is 19.2 Å². The Morgan fingerprint density at radius 2 is 1.89 bits per heavy atom. The van der Waals surface area contributed by atoms with Gasteiger partial charge in [0, 0.05) is 37.9 Å². The van der Waals surface area contributed by atoms with Crippen LogP contribution in [0, 0.1) is 12.8 Å². The SMILES string of the molecule is CCCCC(CC)CNC(=O)c1cc(-c2csc(COc3ccc(OC)cc3)n2)n(CCCOC)c1C. The van der Waals surface area contributed by atoms with Crippen molar-refractivity contribution in [1.82, 2.24) is 14.9 Å². The van der Waals surface area contributed by atoms with Crippen LogP contribution in [0.15, 0.2) is 35.7 Å². The second kappa shape index (κ2) is 14.8. The smallest absolute Gasteiger partial charge is 0.253 e. The van der Waals surface area contributed by atoms with E-state index in [2.05, 4.69) is 23.7 Å². The zero-order valence-corrected chi connectivity index (χ0v) is 23.7. The molecule has 0 spiro atoms. The lowest BCUT2D eigenvalue weighted by Crippen LogP contribution is -2.29. The van der Waals surface area contributed by atoms with Crippen molar-refractivity contribution < 1.29 is 19.0 Å². The van der Waals surface area contributed by atoms with E-state index in [-0.39, 0.29) is 5.91 Å². The number of carbonyl (C=O) groups excluding carboxylic acids is 1. The van der Waals surface area contributed by atoms with Gasteiger partial charge in [-0.05, 0) is 56.0 Å². The van der Waals surface area contributed by atoms with E-state index >= 15 is 0 Å². The highest BCUT2D eigenvalue weighted by Crippen LogP contribution is 2.29. The van der Waals surface area contributed by atoms with Crippen LogP contribution in [-0.4, -0.2) is 42.8 Å². The second-order valence-electron chi connectivity index (χ2n) is 9.24. The number of hydrogen-bond acceptors (Lipinski definition) is 6. The van der Waals surface area contributed by atoms with Crippen molar-refractivity contribution in [2.45, 2.75) is 66.0 Å². The molecule has 0 aliphatic heterocycles. The number of benzene rings is 1. The van der Waals surface area contributed by atoms with Gasteiger partial charge < -0.3 is 24.1 Å². The minimum Gasteiger partial charge on any atom is -0.497 e.